The van der Waals surface area contributed by atoms with E-state index in [0.717, 1.165) is 0 Å². The molecule has 0 atom stereocenters. The molecule has 8 nitrogen and oxygen atoms in total. The molecule has 0 saturated heterocycles. The van der Waals surface area contributed by atoms with Crippen molar-refractivity contribution in [3.05, 3.63) is 23.8 Å². The molecule has 1 amide bonds. The first-order chi connectivity index (χ1) is 10.7. The number of amides is 1. The van der Waals surface area contributed by atoms with Gasteiger partial charge in [0.25, 0.3) is 5.91 Å². The van der Waals surface area contributed by atoms with E-state index in [0.29, 0.717) is 17.1 Å². The van der Waals surface area contributed by atoms with Gasteiger partial charge in [0.1, 0.15) is 0 Å². The molecule has 9 heteroatoms. The summed E-state index contributed by atoms with van der Waals surface area (Å²) in [5.41, 5.74) is 1.10. The van der Waals surface area contributed by atoms with E-state index in [2.05, 4.69) is 15.4 Å². The van der Waals surface area contributed by atoms with Crippen LogP contribution < -0.4 is 5.32 Å². The Morgan fingerprint density at radius 3 is 2.70 bits per heavy atom. The van der Waals surface area contributed by atoms with E-state index in [-0.39, 0.29) is 18.1 Å². The second-order valence-electron chi connectivity index (χ2n) is 5.51. The lowest BCUT2D eigenvalue weighted by molar-refractivity contribution is 0.0928. The zero-order valence-corrected chi connectivity index (χ0v) is 14.3. The van der Waals surface area contributed by atoms with Crippen molar-refractivity contribution in [2.24, 2.45) is 7.05 Å². The number of aryl methyl sites for hydroxylation is 2. The SMILES string of the molecule is Cc1nc(-c2cnn(C)c2)oc1C(=O)NCCS(=O)(=O)C(C)C. The summed E-state index contributed by atoms with van der Waals surface area (Å²) in [5.74, 6) is -0.218. The summed E-state index contributed by atoms with van der Waals surface area (Å²) in [6.07, 6.45) is 3.31. The van der Waals surface area contributed by atoms with Gasteiger partial charge in [-0.15, -0.1) is 0 Å². The highest BCUT2D eigenvalue weighted by Crippen LogP contribution is 2.21. The van der Waals surface area contributed by atoms with Crippen molar-refractivity contribution in [3.8, 4) is 11.5 Å². The van der Waals surface area contributed by atoms with E-state index in [4.69, 9.17) is 4.42 Å². The molecule has 23 heavy (non-hydrogen) atoms. The monoisotopic (exact) mass is 340 g/mol. The summed E-state index contributed by atoms with van der Waals surface area (Å²) in [6, 6.07) is 0. The van der Waals surface area contributed by atoms with Gasteiger partial charge in [-0.1, -0.05) is 0 Å². The first-order valence-electron chi connectivity index (χ1n) is 7.17. The van der Waals surface area contributed by atoms with Crippen LogP contribution in [0.1, 0.15) is 30.1 Å². The third kappa shape index (κ3) is 3.98. The number of rotatable bonds is 6. The summed E-state index contributed by atoms with van der Waals surface area (Å²) in [4.78, 5) is 16.3. The Labute approximate surface area is 134 Å². The van der Waals surface area contributed by atoms with Crippen molar-refractivity contribution in [2.75, 3.05) is 12.3 Å². The van der Waals surface area contributed by atoms with E-state index in [1.807, 2.05) is 0 Å². The fraction of sp³-hybridized carbons (Fsp3) is 0.500. The zero-order valence-electron chi connectivity index (χ0n) is 13.5. The van der Waals surface area contributed by atoms with Crippen molar-refractivity contribution >= 4 is 15.7 Å². The van der Waals surface area contributed by atoms with E-state index < -0.39 is 21.0 Å². The van der Waals surface area contributed by atoms with Gasteiger partial charge >= 0.3 is 0 Å². The number of aromatic nitrogens is 3. The molecule has 2 rings (SSSR count). The maximum Gasteiger partial charge on any atom is 0.289 e. The Morgan fingerprint density at radius 1 is 1.43 bits per heavy atom. The molecule has 2 heterocycles. The molecule has 0 aromatic carbocycles. The number of carbonyl (C=O) groups is 1. The molecule has 1 N–H and O–H groups in total. The smallest absolute Gasteiger partial charge is 0.289 e. The van der Waals surface area contributed by atoms with Gasteiger partial charge in [-0.3, -0.25) is 9.48 Å². The van der Waals surface area contributed by atoms with Crippen molar-refractivity contribution < 1.29 is 17.6 Å². The maximum absolute atomic E-state index is 12.1. The molecule has 0 aliphatic carbocycles. The predicted octanol–water partition coefficient (Wildman–Crippen LogP) is 0.937. The largest absolute Gasteiger partial charge is 0.431 e. The van der Waals surface area contributed by atoms with Crippen LogP contribution in [0.2, 0.25) is 0 Å². The molecule has 2 aromatic heterocycles. The molecule has 0 unspecified atom stereocenters. The van der Waals surface area contributed by atoms with Gasteiger partial charge in [0.05, 0.1) is 28.5 Å². The summed E-state index contributed by atoms with van der Waals surface area (Å²) in [7, 11) is -1.43. The topological polar surface area (TPSA) is 107 Å². The summed E-state index contributed by atoms with van der Waals surface area (Å²) >= 11 is 0. The zero-order chi connectivity index (χ0) is 17.2. The molecule has 126 valence electrons. The van der Waals surface area contributed by atoms with Crippen LogP contribution in [0.5, 0.6) is 0 Å². The number of hydrogen-bond acceptors (Lipinski definition) is 6. The average molecular weight is 340 g/mol. The van der Waals surface area contributed by atoms with Crippen molar-refractivity contribution in [1.29, 1.82) is 0 Å². The Kier molecular flexibility index (Phi) is 4.88. The number of hydrogen-bond donors (Lipinski definition) is 1. The number of oxazole rings is 1. The van der Waals surface area contributed by atoms with Gasteiger partial charge in [-0.2, -0.15) is 5.10 Å². The Balaban J connectivity index is 2.04. The molecular formula is C14H20N4O4S. The first-order valence-corrected chi connectivity index (χ1v) is 8.88. The first kappa shape index (κ1) is 17.2. The van der Waals surface area contributed by atoms with Crippen molar-refractivity contribution in [3.63, 3.8) is 0 Å². The molecule has 2 aromatic rings. The van der Waals surface area contributed by atoms with Gasteiger partial charge < -0.3 is 9.73 Å². The fourth-order valence-electron chi connectivity index (χ4n) is 1.89. The highest BCUT2D eigenvalue weighted by Gasteiger charge is 2.20. The standard InChI is InChI=1S/C14H20N4O4S/c1-9(2)23(20,21)6-5-15-13(19)12-10(3)17-14(22-12)11-7-16-18(4)8-11/h7-9H,5-6H2,1-4H3,(H,15,19). The maximum atomic E-state index is 12.1. The molecule has 0 saturated carbocycles. The van der Waals surface area contributed by atoms with Crippen molar-refractivity contribution in [1.82, 2.24) is 20.1 Å². The number of carbonyl (C=O) groups excluding carboxylic acids is 1. The van der Waals surface area contributed by atoms with Gasteiger partial charge in [-0.25, -0.2) is 13.4 Å². The minimum absolute atomic E-state index is 0.0295. The van der Waals surface area contributed by atoms with E-state index in [1.165, 1.54) is 0 Å². The highest BCUT2D eigenvalue weighted by molar-refractivity contribution is 7.92. The molecule has 0 aliphatic rings. The third-order valence-corrected chi connectivity index (χ3v) is 5.55. The summed E-state index contributed by atoms with van der Waals surface area (Å²) in [5, 5.41) is 6.10. The lowest BCUT2D eigenvalue weighted by Gasteiger charge is -2.07. The van der Waals surface area contributed by atoms with Gasteiger partial charge in [0.2, 0.25) is 11.7 Å². The van der Waals surface area contributed by atoms with Crippen LogP contribution in [-0.2, 0) is 16.9 Å². The van der Waals surface area contributed by atoms with Gasteiger partial charge in [0, 0.05) is 19.8 Å². The van der Waals surface area contributed by atoms with Crippen LogP contribution >= 0.6 is 0 Å². The van der Waals surface area contributed by atoms with Crippen LogP contribution in [0.15, 0.2) is 16.8 Å². The van der Waals surface area contributed by atoms with Crippen LogP contribution in [0, 0.1) is 6.92 Å². The van der Waals surface area contributed by atoms with E-state index in [1.54, 1.807) is 44.9 Å². The number of nitrogens with one attached hydrogen (secondary N) is 1. The fourth-order valence-corrected chi connectivity index (χ4v) is 2.74. The summed E-state index contributed by atoms with van der Waals surface area (Å²) in [6.45, 7) is 4.90. The number of nitrogens with zero attached hydrogens (tertiary/aromatic N) is 3. The molecule has 0 radical (unpaired) electrons. The molecule has 0 bridgehead atoms. The van der Waals surface area contributed by atoms with Crippen LogP contribution in [-0.4, -0.2) is 46.6 Å². The predicted molar refractivity (Wildman–Crippen MR) is 84.7 cm³/mol. The minimum Gasteiger partial charge on any atom is -0.431 e. The normalized spacial score (nSPS) is 11.9. The Bertz CT molecular complexity index is 805. The van der Waals surface area contributed by atoms with Crippen LogP contribution in [0.25, 0.3) is 11.5 Å². The molecule has 0 spiro atoms. The highest BCUT2D eigenvalue weighted by atomic mass is 32.2. The quantitative estimate of drug-likeness (QED) is 0.838. The second-order valence-corrected chi connectivity index (χ2v) is 8.18. The second kappa shape index (κ2) is 6.53. The molecule has 0 fully saturated rings. The lowest BCUT2D eigenvalue weighted by Crippen LogP contribution is -2.31. The molecule has 0 aliphatic heterocycles. The van der Waals surface area contributed by atoms with Crippen molar-refractivity contribution in [2.45, 2.75) is 26.0 Å². The summed E-state index contributed by atoms with van der Waals surface area (Å²) < 4.78 is 30.5. The Hall–Kier alpha value is -2.16. The lowest BCUT2D eigenvalue weighted by atomic mass is 10.3. The number of sulfone groups is 1. The van der Waals surface area contributed by atoms with E-state index in [9.17, 15) is 13.2 Å². The van der Waals surface area contributed by atoms with Gasteiger partial charge in [0.15, 0.2) is 9.84 Å². The average Bonchev–Trinajstić information content (AvgIpc) is 3.04. The van der Waals surface area contributed by atoms with E-state index >= 15 is 0 Å². The third-order valence-electron chi connectivity index (χ3n) is 3.35. The van der Waals surface area contributed by atoms with Crippen LogP contribution in [0.4, 0.5) is 0 Å². The van der Waals surface area contributed by atoms with Crippen LogP contribution in [0.3, 0.4) is 0 Å². The minimum atomic E-state index is -3.19. The Morgan fingerprint density at radius 2 is 2.13 bits per heavy atom. The molecular weight excluding hydrogens is 320 g/mol. The van der Waals surface area contributed by atoms with Gasteiger partial charge in [-0.05, 0) is 20.8 Å².